The first kappa shape index (κ1) is 17.7. The van der Waals surface area contributed by atoms with Crippen LogP contribution in [0.15, 0.2) is 43.0 Å². The molecule has 1 amide bonds. The molecule has 5 heteroatoms. The molecule has 0 radical (unpaired) electrons. The highest BCUT2D eigenvalue weighted by molar-refractivity contribution is 5.80. The molecule has 126 valence electrons. The molecule has 1 aromatic rings. The maximum atomic E-state index is 12.3. The highest BCUT2D eigenvalue weighted by atomic mass is 16.5. The first-order valence-corrected chi connectivity index (χ1v) is 8.08. The van der Waals surface area contributed by atoms with Crippen molar-refractivity contribution in [3.05, 3.63) is 48.6 Å². The molecule has 2 atom stereocenters. The number of β-amino-alcohol motifs (C(OH)–C–C–N with tert-alkyl or cyclic N) is 1. The number of amides is 1. The number of carbonyl (C=O) groups excluding carboxylic acids is 1. The lowest BCUT2D eigenvalue weighted by Crippen LogP contribution is -2.52. The number of benzene rings is 1. The lowest BCUT2D eigenvalue weighted by molar-refractivity contribution is -0.143. The SMILES string of the molecule is C=CCO[C@H](C)C(=O)N1CCN(C[C@@H](O)c2ccccc2)CC1. The molecule has 1 saturated heterocycles. The highest BCUT2D eigenvalue weighted by Crippen LogP contribution is 2.15. The number of aliphatic hydroxyl groups is 1. The molecular weight excluding hydrogens is 292 g/mol. The van der Waals surface area contributed by atoms with E-state index >= 15 is 0 Å². The third-order valence-corrected chi connectivity index (χ3v) is 4.11. The van der Waals surface area contributed by atoms with Crippen molar-refractivity contribution in [2.75, 3.05) is 39.3 Å². The van der Waals surface area contributed by atoms with Crippen LogP contribution >= 0.6 is 0 Å². The molecule has 0 bridgehead atoms. The Morgan fingerprint density at radius 3 is 2.57 bits per heavy atom. The lowest BCUT2D eigenvalue weighted by Gasteiger charge is -2.36. The van der Waals surface area contributed by atoms with Crippen LogP contribution in [0.1, 0.15) is 18.6 Å². The number of hydrogen-bond donors (Lipinski definition) is 1. The van der Waals surface area contributed by atoms with Crippen molar-refractivity contribution in [2.24, 2.45) is 0 Å². The molecule has 0 spiro atoms. The van der Waals surface area contributed by atoms with Crippen LogP contribution in [0.4, 0.5) is 0 Å². The average Bonchev–Trinajstić information content (AvgIpc) is 2.60. The van der Waals surface area contributed by atoms with Crippen molar-refractivity contribution in [3.8, 4) is 0 Å². The normalized spacial score (nSPS) is 18.4. The molecule has 0 aliphatic carbocycles. The summed E-state index contributed by atoms with van der Waals surface area (Å²) in [5.41, 5.74) is 0.928. The summed E-state index contributed by atoms with van der Waals surface area (Å²) >= 11 is 0. The molecule has 2 rings (SSSR count). The van der Waals surface area contributed by atoms with Gasteiger partial charge in [0, 0.05) is 32.7 Å². The molecule has 5 nitrogen and oxygen atoms in total. The van der Waals surface area contributed by atoms with E-state index < -0.39 is 12.2 Å². The molecule has 0 saturated carbocycles. The van der Waals surface area contributed by atoms with E-state index in [9.17, 15) is 9.90 Å². The van der Waals surface area contributed by atoms with Crippen molar-refractivity contribution in [3.63, 3.8) is 0 Å². The van der Waals surface area contributed by atoms with E-state index in [1.807, 2.05) is 35.2 Å². The van der Waals surface area contributed by atoms with Crippen LogP contribution < -0.4 is 0 Å². The number of hydrogen-bond acceptors (Lipinski definition) is 4. The van der Waals surface area contributed by atoms with Crippen molar-refractivity contribution in [1.29, 1.82) is 0 Å². The van der Waals surface area contributed by atoms with E-state index in [0.29, 0.717) is 26.2 Å². The average molecular weight is 318 g/mol. The Bertz CT molecular complexity index is 498. The van der Waals surface area contributed by atoms with Crippen LogP contribution in [0.5, 0.6) is 0 Å². The van der Waals surface area contributed by atoms with Gasteiger partial charge in [-0.3, -0.25) is 9.69 Å². The third-order valence-electron chi connectivity index (χ3n) is 4.11. The zero-order chi connectivity index (χ0) is 16.7. The Morgan fingerprint density at radius 2 is 1.96 bits per heavy atom. The van der Waals surface area contributed by atoms with Crippen LogP contribution in [-0.4, -0.2) is 66.2 Å². The Labute approximate surface area is 138 Å². The molecule has 0 aromatic heterocycles. The molecule has 1 aliphatic rings. The van der Waals surface area contributed by atoms with E-state index in [2.05, 4.69) is 11.5 Å². The van der Waals surface area contributed by atoms with Gasteiger partial charge in [-0.05, 0) is 12.5 Å². The Balaban J connectivity index is 1.77. The maximum absolute atomic E-state index is 12.3. The van der Waals surface area contributed by atoms with E-state index in [-0.39, 0.29) is 5.91 Å². The summed E-state index contributed by atoms with van der Waals surface area (Å²) in [4.78, 5) is 16.3. The topological polar surface area (TPSA) is 53.0 Å². The summed E-state index contributed by atoms with van der Waals surface area (Å²) in [6.07, 6.45) is 0.718. The lowest BCUT2D eigenvalue weighted by atomic mass is 10.1. The second-order valence-electron chi connectivity index (χ2n) is 5.82. The van der Waals surface area contributed by atoms with Crippen molar-refractivity contribution in [1.82, 2.24) is 9.80 Å². The number of piperazine rings is 1. The molecule has 1 heterocycles. The minimum atomic E-state index is -0.492. The fourth-order valence-corrected chi connectivity index (χ4v) is 2.72. The summed E-state index contributed by atoms with van der Waals surface area (Å²) in [5.74, 6) is 0.0232. The molecule has 1 aromatic carbocycles. The van der Waals surface area contributed by atoms with Crippen molar-refractivity contribution >= 4 is 5.91 Å². The fraction of sp³-hybridized carbons (Fsp3) is 0.500. The minimum absolute atomic E-state index is 0.0232. The van der Waals surface area contributed by atoms with Gasteiger partial charge in [0.25, 0.3) is 5.91 Å². The summed E-state index contributed by atoms with van der Waals surface area (Å²) in [6, 6.07) is 9.67. The first-order chi connectivity index (χ1) is 11.1. The number of aliphatic hydroxyl groups excluding tert-OH is 1. The first-order valence-electron chi connectivity index (χ1n) is 8.08. The zero-order valence-corrected chi connectivity index (χ0v) is 13.7. The van der Waals surface area contributed by atoms with Crippen molar-refractivity contribution in [2.45, 2.75) is 19.1 Å². The Kier molecular flexibility index (Phi) is 6.77. The largest absolute Gasteiger partial charge is 0.387 e. The predicted molar refractivity (Wildman–Crippen MR) is 90.0 cm³/mol. The fourth-order valence-electron chi connectivity index (χ4n) is 2.72. The standard InChI is InChI=1S/C18H26N2O3/c1-3-13-23-15(2)18(22)20-11-9-19(10-12-20)14-17(21)16-7-5-4-6-8-16/h3-8,15,17,21H,1,9-14H2,2H3/t15-,17-/m1/s1. The molecule has 1 N–H and O–H groups in total. The summed E-state index contributed by atoms with van der Waals surface area (Å²) in [7, 11) is 0. The van der Waals surface area contributed by atoms with Gasteiger partial charge in [-0.2, -0.15) is 0 Å². The van der Waals surface area contributed by atoms with Crippen LogP contribution in [0.3, 0.4) is 0 Å². The van der Waals surface area contributed by atoms with E-state index in [0.717, 1.165) is 18.7 Å². The molecular formula is C18H26N2O3. The second-order valence-corrected chi connectivity index (χ2v) is 5.82. The van der Waals surface area contributed by atoms with Gasteiger partial charge in [0.2, 0.25) is 0 Å². The van der Waals surface area contributed by atoms with Gasteiger partial charge in [0.15, 0.2) is 0 Å². The quantitative estimate of drug-likeness (QED) is 0.773. The predicted octanol–water partition coefficient (Wildman–Crippen LogP) is 1.46. The molecule has 0 unspecified atom stereocenters. The maximum Gasteiger partial charge on any atom is 0.251 e. The van der Waals surface area contributed by atoms with Gasteiger partial charge in [-0.25, -0.2) is 0 Å². The van der Waals surface area contributed by atoms with E-state index in [4.69, 9.17) is 4.74 Å². The summed E-state index contributed by atoms with van der Waals surface area (Å²) < 4.78 is 5.39. The van der Waals surface area contributed by atoms with Gasteiger partial charge in [0.1, 0.15) is 6.10 Å². The van der Waals surface area contributed by atoms with Gasteiger partial charge >= 0.3 is 0 Å². The minimum Gasteiger partial charge on any atom is -0.387 e. The van der Waals surface area contributed by atoms with Crippen molar-refractivity contribution < 1.29 is 14.6 Å². The highest BCUT2D eigenvalue weighted by Gasteiger charge is 2.26. The number of ether oxygens (including phenoxy) is 1. The van der Waals surface area contributed by atoms with Gasteiger partial charge in [0.05, 0.1) is 12.7 Å². The smallest absolute Gasteiger partial charge is 0.251 e. The monoisotopic (exact) mass is 318 g/mol. The molecule has 1 aliphatic heterocycles. The van der Waals surface area contributed by atoms with E-state index in [1.54, 1.807) is 13.0 Å². The Hall–Kier alpha value is -1.69. The summed E-state index contributed by atoms with van der Waals surface area (Å²) in [6.45, 7) is 9.21. The number of rotatable bonds is 7. The van der Waals surface area contributed by atoms with Crippen LogP contribution in [0.2, 0.25) is 0 Å². The number of nitrogens with zero attached hydrogens (tertiary/aromatic N) is 2. The second kappa shape index (κ2) is 8.82. The third kappa shape index (κ3) is 5.16. The number of carbonyl (C=O) groups is 1. The van der Waals surface area contributed by atoms with Crippen LogP contribution in [0, 0.1) is 0 Å². The Morgan fingerprint density at radius 1 is 1.30 bits per heavy atom. The van der Waals surface area contributed by atoms with Gasteiger partial charge in [-0.15, -0.1) is 6.58 Å². The molecule has 1 fully saturated rings. The summed E-state index contributed by atoms with van der Waals surface area (Å²) in [5, 5.41) is 10.3. The zero-order valence-electron chi connectivity index (χ0n) is 13.7. The van der Waals surface area contributed by atoms with Gasteiger partial charge in [-0.1, -0.05) is 36.4 Å². The van der Waals surface area contributed by atoms with Crippen LogP contribution in [0.25, 0.3) is 0 Å². The van der Waals surface area contributed by atoms with Crippen LogP contribution in [-0.2, 0) is 9.53 Å². The van der Waals surface area contributed by atoms with E-state index in [1.165, 1.54) is 0 Å². The molecule has 23 heavy (non-hydrogen) atoms. The van der Waals surface area contributed by atoms with Gasteiger partial charge < -0.3 is 14.7 Å².